The van der Waals surface area contributed by atoms with Crippen molar-refractivity contribution in [3.63, 3.8) is 0 Å². The van der Waals surface area contributed by atoms with Crippen molar-refractivity contribution < 1.29 is 5.11 Å². The van der Waals surface area contributed by atoms with Gasteiger partial charge in [-0.25, -0.2) is 0 Å². The fourth-order valence-corrected chi connectivity index (χ4v) is 5.92. The van der Waals surface area contributed by atoms with Crippen LogP contribution in [0, 0.1) is 5.41 Å². The molecule has 0 bridgehead atoms. The summed E-state index contributed by atoms with van der Waals surface area (Å²) in [5.74, 6) is 0. The zero-order chi connectivity index (χ0) is 14.6. The Morgan fingerprint density at radius 3 is 2.55 bits per heavy atom. The molecule has 1 N–H and O–H groups in total. The fraction of sp³-hybridized carbons (Fsp3) is 0.556. The van der Waals surface area contributed by atoms with Gasteiger partial charge in [0.1, 0.15) is 0 Å². The standard InChI is InChI=1S/C18H26OSe/c1-4-5-11-18(19)13-16(12-17(2,3)14-18)20-15-9-7-6-8-10-15/h6-10,13,19H,4-5,11-12,14H2,1-3H3. The Kier molecular flexibility index (Phi) is 5.12. The van der Waals surface area contributed by atoms with Crippen LogP contribution in [0.25, 0.3) is 0 Å². The summed E-state index contributed by atoms with van der Waals surface area (Å²) in [6.07, 6.45) is 7.37. The number of hydrogen-bond donors (Lipinski definition) is 1. The van der Waals surface area contributed by atoms with Gasteiger partial charge in [0.15, 0.2) is 0 Å². The molecule has 1 aliphatic carbocycles. The molecule has 0 saturated carbocycles. The average Bonchev–Trinajstić information content (AvgIpc) is 2.35. The summed E-state index contributed by atoms with van der Waals surface area (Å²) in [4.78, 5) is 0. The summed E-state index contributed by atoms with van der Waals surface area (Å²) >= 11 is 0.346. The van der Waals surface area contributed by atoms with E-state index in [0.29, 0.717) is 15.0 Å². The molecule has 1 aliphatic rings. The second kappa shape index (κ2) is 6.47. The first-order valence-electron chi connectivity index (χ1n) is 7.59. The van der Waals surface area contributed by atoms with Crippen LogP contribution in [0.2, 0.25) is 0 Å². The van der Waals surface area contributed by atoms with Crippen molar-refractivity contribution in [3.8, 4) is 0 Å². The van der Waals surface area contributed by atoms with Crippen LogP contribution in [-0.2, 0) is 0 Å². The molecule has 1 nitrogen and oxygen atoms in total. The number of hydrogen-bond acceptors (Lipinski definition) is 1. The molecule has 0 aromatic heterocycles. The number of allylic oxidation sites excluding steroid dienone is 1. The van der Waals surface area contributed by atoms with Gasteiger partial charge in [0.25, 0.3) is 0 Å². The van der Waals surface area contributed by atoms with Crippen LogP contribution in [0.15, 0.2) is 40.9 Å². The van der Waals surface area contributed by atoms with E-state index in [1.54, 1.807) is 0 Å². The molecule has 2 heteroatoms. The molecule has 0 spiro atoms. The van der Waals surface area contributed by atoms with E-state index < -0.39 is 5.60 Å². The van der Waals surface area contributed by atoms with Crippen LogP contribution in [0.1, 0.15) is 52.9 Å². The third-order valence-electron chi connectivity index (χ3n) is 3.82. The third kappa shape index (κ3) is 4.48. The van der Waals surface area contributed by atoms with Gasteiger partial charge in [-0.3, -0.25) is 0 Å². The van der Waals surface area contributed by atoms with E-state index in [9.17, 15) is 5.11 Å². The van der Waals surface area contributed by atoms with E-state index >= 15 is 0 Å². The monoisotopic (exact) mass is 338 g/mol. The number of rotatable bonds is 5. The summed E-state index contributed by atoms with van der Waals surface area (Å²) < 4.78 is 2.86. The molecular formula is C18H26OSe. The number of benzene rings is 1. The second-order valence-corrected chi connectivity index (χ2v) is 9.27. The molecule has 0 radical (unpaired) electrons. The topological polar surface area (TPSA) is 20.2 Å². The molecular weight excluding hydrogens is 311 g/mol. The average molecular weight is 337 g/mol. The van der Waals surface area contributed by atoms with Crippen molar-refractivity contribution >= 4 is 19.4 Å². The van der Waals surface area contributed by atoms with Crippen LogP contribution in [0.5, 0.6) is 0 Å². The molecule has 1 aromatic rings. The Bertz CT molecular complexity index is 464. The summed E-state index contributed by atoms with van der Waals surface area (Å²) in [6.45, 7) is 6.77. The third-order valence-corrected chi connectivity index (χ3v) is 5.99. The van der Waals surface area contributed by atoms with E-state index in [4.69, 9.17) is 0 Å². The Balaban J connectivity index is 2.17. The van der Waals surface area contributed by atoms with E-state index in [-0.39, 0.29) is 5.41 Å². The van der Waals surface area contributed by atoms with Gasteiger partial charge in [-0.05, 0) is 0 Å². The van der Waals surface area contributed by atoms with E-state index in [1.807, 2.05) is 0 Å². The predicted octanol–water partition coefficient (Wildman–Crippen LogP) is 3.64. The SMILES string of the molecule is CCCCC1(O)C=C([Se]c2ccccc2)CC(C)(C)C1. The quantitative estimate of drug-likeness (QED) is 0.814. The predicted molar refractivity (Wildman–Crippen MR) is 87.4 cm³/mol. The summed E-state index contributed by atoms with van der Waals surface area (Å²) in [5.41, 5.74) is -0.368. The van der Waals surface area contributed by atoms with Crippen molar-refractivity contribution in [2.24, 2.45) is 5.41 Å². The van der Waals surface area contributed by atoms with Crippen LogP contribution in [-0.4, -0.2) is 25.7 Å². The van der Waals surface area contributed by atoms with E-state index in [0.717, 1.165) is 32.1 Å². The van der Waals surface area contributed by atoms with E-state index in [1.165, 1.54) is 8.93 Å². The molecule has 1 unspecified atom stereocenters. The summed E-state index contributed by atoms with van der Waals surface area (Å²) in [6, 6.07) is 10.7. The molecule has 0 aliphatic heterocycles. The summed E-state index contributed by atoms with van der Waals surface area (Å²) in [5, 5.41) is 10.9. The minimum absolute atomic E-state index is 0.211. The minimum atomic E-state index is -0.580. The van der Waals surface area contributed by atoms with Crippen molar-refractivity contribution in [3.05, 3.63) is 40.9 Å². The Labute approximate surface area is 129 Å². The molecule has 0 heterocycles. The second-order valence-electron chi connectivity index (χ2n) is 6.75. The van der Waals surface area contributed by atoms with Crippen LogP contribution >= 0.6 is 0 Å². The van der Waals surface area contributed by atoms with Gasteiger partial charge in [0.2, 0.25) is 0 Å². The van der Waals surface area contributed by atoms with Gasteiger partial charge in [-0.15, -0.1) is 0 Å². The van der Waals surface area contributed by atoms with Gasteiger partial charge in [0.05, 0.1) is 0 Å². The molecule has 1 aromatic carbocycles. The Morgan fingerprint density at radius 2 is 1.90 bits per heavy atom. The van der Waals surface area contributed by atoms with Crippen LogP contribution < -0.4 is 4.46 Å². The molecule has 1 atom stereocenters. The zero-order valence-corrected chi connectivity index (χ0v) is 14.6. The molecule has 0 amide bonds. The van der Waals surface area contributed by atoms with Crippen molar-refractivity contribution in [1.82, 2.24) is 0 Å². The van der Waals surface area contributed by atoms with Crippen molar-refractivity contribution in [2.45, 2.75) is 58.5 Å². The van der Waals surface area contributed by atoms with Gasteiger partial charge in [-0.2, -0.15) is 0 Å². The summed E-state index contributed by atoms with van der Waals surface area (Å²) in [7, 11) is 0. The van der Waals surface area contributed by atoms with Crippen LogP contribution in [0.3, 0.4) is 0 Å². The Morgan fingerprint density at radius 1 is 1.20 bits per heavy atom. The first-order valence-corrected chi connectivity index (χ1v) is 9.31. The molecule has 20 heavy (non-hydrogen) atoms. The first kappa shape index (κ1) is 15.8. The molecule has 2 rings (SSSR count). The maximum absolute atomic E-state index is 10.9. The molecule has 0 fully saturated rings. The first-order chi connectivity index (χ1) is 9.42. The van der Waals surface area contributed by atoms with E-state index in [2.05, 4.69) is 57.2 Å². The normalized spacial score (nSPS) is 25.3. The van der Waals surface area contributed by atoms with Gasteiger partial charge in [0, 0.05) is 0 Å². The van der Waals surface area contributed by atoms with Crippen molar-refractivity contribution in [2.75, 3.05) is 0 Å². The zero-order valence-electron chi connectivity index (χ0n) is 12.9. The van der Waals surface area contributed by atoms with Gasteiger partial charge >= 0.3 is 129 Å². The fourth-order valence-electron chi connectivity index (χ4n) is 3.11. The number of unbranched alkanes of at least 4 members (excludes halogenated alkanes) is 1. The number of aliphatic hydroxyl groups is 1. The van der Waals surface area contributed by atoms with Crippen molar-refractivity contribution in [1.29, 1.82) is 0 Å². The molecule has 110 valence electrons. The maximum atomic E-state index is 10.9. The Hall–Kier alpha value is -0.561. The van der Waals surface area contributed by atoms with Crippen LogP contribution in [0.4, 0.5) is 0 Å². The van der Waals surface area contributed by atoms with Gasteiger partial charge < -0.3 is 0 Å². The van der Waals surface area contributed by atoms with Gasteiger partial charge in [-0.1, -0.05) is 0 Å². The molecule has 0 saturated heterocycles.